The summed E-state index contributed by atoms with van der Waals surface area (Å²) < 4.78 is 0. The predicted molar refractivity (Wildman–Crippen MR) is 98.0 cm³/mol. The van der Waals surface area contributed by atoms with Crippen LogP contribution in [0.5, 0.6) is 0 Å². The van der Waals surface area contributed by atoms with Crippen molar-refractivity contribution in [2.24, 2.45) is 0 Å². The third-order valence-electron chi connectivity index (χ3n) is 4.54. The van der Waals surface area contributed by atoms with Crippen LogP contribution in [0.25, 0.3) is 0 Å². The first-order valence-electron chi connectivity index (χ1n) is 8.72. The molecule has 1 aliphatic heterocycles. The smallest absolute Gasteiger partial charge is 0.247 e. The molecule has 0 unspecified atom stereocenters. The van der Waals surface area contributed by atoms with Crippen molar-refractivity contribution in [2.45, 2.75) is 20.8 Å². The van der Waals surface area contributed by atoms with E-state index >= 15 is 0 Å². The zero-order valence-corrected chi connectivity index (χ0v) is 14.8. The van der Waals surface area contributed by atoms with Crippen LogP contribution >= 0.6 is 0 Å². The Bertz CT molecular complexity index is 666. The number of rotatable bonds is 5. The first kappa shape index (κ1) is 16.6. The van der Waals surface area contributed by atoms with Crippen LogP contribution in [0.1, 0.15) is 19.4 Å². The van der Waals surface area contributed by atoms with Crippen LogP contribution in [0.4, 0.5) is 17.5 Å². The molecule has 128 valence electrons. The Morgan fingerprint density at radius 1 is 1.12 bits per heavy atom. The van der Waals surface area contributed by atoms with Gasteiger partial charge in [-0.3, -0.25) is 0 Å². The van der Waals surface area contributed by atoms with Crippen molar-refractivity contribution in [3.05, 3.63) is 36.0 Å². The Hall–Kier alpha value is -2.21. The van der Waals surface area contributed by atoms with Crippen LogP contribution in [-0.4, -0.2) is 59.3 Å². The van der Waals surface area contributed by atoms with E-state index in [0.29, 0.717) is 0 Å². The summed E-state index contributed by atoms with van der Waals surface area (Å²) in [5, 5.41) is 8.47. The van der Waals surface area contributed by atoms with E-state index in [1.807, 2.05) is 0 Å². The maximum absolute atomic E-state index is 4.78. The highest BCUT2D eigenvalue weighted by molar-refractivity contribution is 5.60. The van der Waals surface area contributed by atoms with Gasteiger partial charge in [0.2, 0.25) is 5.95 Å². The molecule has 0 bridgehead atoms. The molecule has 1 aromatic heterocycles. The third-order valence-corrected chi connectivity index (χ3v) is 4.54. The molecule has 0 saturated carbocycles. The summed E-state index contributed by atoms with van der Waals surface area (Å²) in [6.07, 6.45) is 1.75. The van der Waals surface area contributed by atoms with Gasteiger partial charge >= 0.3 is 0 Å². The van der Waals surface area contributed by atoms with Gasteiger partial charge < -0.3 is 14.7 Å². The Morgan fingerprint density at radius 3 is 2.58 bits per heavy atom. The average Bonchev–Trinajstić information content (AvgIpc) is 2.63. The second-order valence-electron chi connectivity index (χ2n) is 6.12. The minimum atomic E-state index is 0.731. The van der Waals surface area contributed by atoms with Crippen LogP contribution in [0.2, 0.25) is 0 Å². The van der Waals surface area contributed by atoms with Crippen LogP contribution in [0.3, 0.4) is 0 Å². The molecular weight excluding hydrogens is 300 g/mol. The number of likely N-dealkylation sites (N-methyl/N-ethyl adjacent to an activating group) is 1. The number of benzene rings is 1. The van der Waals surface area contributed by atoms with Crippen LogP contribution in [0.15, 0.2) is 30.5 Å². The van der Waals surface area contributed by atoms with Gasteiger partial charge in [0.25, 0.3) is 0 Å². The predicted octanol–water partition coefficient (Wildman–Crippen LogP) is 2.48. The molecule has 0 amide bonds. The molecule has 0 radical (unpaired) electrons. The van der Waals surface area contributed by atoms with Crippen LogP contribution in [0, 0.1) is 6.92 Å². The highest BCUT2D eigenvalue weighted by atomic mass is 15.4. The van der Waals surface area contributed by atoms with Gasteiger partial charge in [-0.15, -0.1) is 5.10 Å². The van der Waals surface area contributed by atoms with Crippen molar-refractivity contribution in [1.29, 1.82) is 0 Å². The molecule has 1 aliphatic rings. The normalized spacial score (nSPS) is 15.5. The highest BCUT2D eigenvalue weighted by Crippen LogP contribution is 2.24. The van der Waals surface area contributed by atoms with Crippen molar-refractivity contribution in [2.75, 3.05) is 49.1 Å². The van der Waals surface area contributed by atoms with Gasteiger partial charge in [-0.2, -0.15) is 10.1 Å². The number of aromatic nitrogens is 3. The fourth-order valence-corrected chi connectivity index (χ4v) is 3.09. The van der Waals surface area contributed by atoms with E-state index < -0.39 is 0 Å². The number of nitrogens with zero attached hydrogens (tertiary/aromatic N) is 6. The Balaban J connectivity index is 1.81. The molecule has 1 saturated heterocycles. The molecule has 0 aliphatic carbocycles. The summed E-state index contributed by atoms with van der Waals surface area (Å²) >= 11 is 0. The topological polar surface area (TPSA) is 48.4 Å². The highest BCUT2D eigenvalue weighted by Gasteiger charge is 2.19. The maximum Gasteiger partial charge on any atom is 0.247 e. The van der Waals surface area contributed by atoms with Crippen molar-refractivity contribution in [1.82, 2.24) is 20.1 Å². The van der Waals surface area contributed by atoms with Crippen molar-refractivity contribution in [3.63, 3.8) is 0 Å². The minimum absolute atomic E-state index is 0.731. The number of hydrogen-bond acceptors (Lipinski definition) is 6. The maximum atomic E-state index is 4.78. The fourth-order valence-electron chi connectivity index (χ4n) is 3.09. The Labute approximate surface area is 144 Å². The second-order valence-corrected chi connectivity index (χ2v) is 6.12. The molecule has 0 spiro atoms. The van der Waals surface area contributed by atoms with Gasteiger partial charge in [-0.25, -0.2) is 0 Å². The van der Waals surface area contributed by atoms with Gasteiger partial charge in [0.15, 0.2) is 5.82 Å². The number of anilines is 3. The fraction of sp³-hybridized carbons (Fsp3) is 0.500. The van der Waals surface area contributed by atoms with Gasteiger partial charge in [-0.05, 0) is 38.1 Å². The molecule has 1 fully saturated rings. The van der Waals surface area contributed by atoms with Gasteiger partial charge in [0.05, 0.1) is 6.20 Å². The largest absolute Gasteiger partial charge is 0.337 e. The molecule has 0 atom stereocenters. The summed E-state index contributed by atoms with van der Waals surface area (Å²) in [5.74, 6) is 1.58. The van der Waals surface area contributed by atoms with Crippen molar-refractivity contribution < 1.29 is 0 Å². The number of hydrogen-bond donors (Lipinski definition) is 0. The van der Waals surface area contributed by atoms with Gasteiger partial charge in [0.1, 0.15) is 0 Å². The van der Waals surface area contributed by atoms with E-state index in [9.17, 15) is 0 Å². The first-order chi connectivity index (χ1) is 11.7. The van der Waals surface area contributed by atoms with Crippen LogP contribution in [-0.2, 0) is 0 Å². The van der Waals surface area contributed by atoms with E-state index in [0.717, 1.165) is 56.7 Å². The lowest BCUT2D eigenvalue weighted by molar-refractivity contribution is 0.269. The molecule has 3 rings (SSSR count). The van der Waals surface area contributed by atoms with E-state index in [1.165, 1.54) is 5.56 Å². The van der Waals surface area contributed by atoms with E-state index in [-0.39, 0.29) is 0 Å². The quantitative estimate of drug-likeness (QED) is 0.841. The summed E-state index contributed by atoms with van der Waals surface area (Å²) in [5.41, 5.74) is 2.38. The monoisotopic (exact) mass is 326 g/mol. The molecule has 2 aromatic rings. The lowest BCUT2D eigenvalue weighted by atomic mass is 10.2. The number of piperazine rings is 1. The molecule has 0 N–H and O–H groups in total. The zero-order valence-electron chi connectivity index (χ0n) is 14.8. The minimum Gasteiger partial charge on any atom is -0.337 e. The van der Waals surface area contributed by atoms with Crippen molar-refractivity contribution in [3.8, 4) is 0 Å². The molecular formula is C18H26N6. The second kappa shape index (κ2) is 7.57. The van der Waals surface area contributed by atoms with E-state index in [1.54, 1.807) is 6.20 Å². The zero-order chi connectivity index (χ0) is 16.9. The lowest BCUT2D eigenvalue weighted by Crippen LogP contribution is -2.46. The molecule has 1 aromatic carbocycles. The third kappa shape index (κ3) is 3.64. The van der Waals surface area contributed by atoms with Crippen molar-refractivity contribution >= 4 is 17.5 Å². The SMILES string of the molecule is CCN1CCN(c2nncc(N(CC)c3cccc(C)c3)n2)CC1. The lowest BCUT2D eigenvalue weighted by Gasteiger charge is -2.34. The van der Waals surface area contributed by atoms with E-state index in [2.05, 4.69) is 69.9 Å². The Kier molecular flexibility index (Phi) is 5.25. The number of aryl methyl sites for hydroxylation is 1. The van der Waals surface area contributed by atoms with E-state index in [4.69, 9.17) is 4.98 Å². The molecule has 6 heteroatoms. The molecule has 24 heavy (non-hydrogen) atoms. The van der Waals surface area contributed by atoms with Gasteiger partial charge in [0, 0.05) is 38.4 Å². The molecule has 2 heterocycles. The summed E-state index contributed by atoms with van der Waals surface area (Å²) in [4.78, 5) is 11.6. The Morgan fingerprint density at radius 2 is 1.92 bits per heavy atom. The molecule has 6 nitrogen and oxygen atoms in total. The standard InChI is InChI=1S/C18H26N6/c1-4-22-9-11-23(12-10-22)18-20-17(14-19-21-18)24(5-2)16-8-6-7-15(3)13-16/h6-8,13-14H,4-5,9-12H2,1-3H3. The summed E-state index contributed by atoms with van der Waals surface area (Å²) in [6.45, 7) is 12.4. The summed E-state index contributed by atoms with van der Waals surface area (Å²) in [6, 6.07) is 8.46. The summed E-state index contributed by atoms with van der Waals surface area (Å²) in [7, 11) is 0. The first-order valence-corrected chi connectivity index (χ1v) is 8.72. The van der Waals surface area contributed by atoms with Gasteiger partial charge in [-0.1, -0.05) is 19.1 Å². The van der Waals surface area contributed by atoms with Crippen LogP contribution < -0.4 is 9.80 Å². The average molecular weight is 326 g/mol.